The van der Waals surface area contributed by atoms with Gasteiger partial charge in [0.05, 0.1) is 38.1 Å². The van der Waals surface area contributed by atoms with E-state index < -0.39 is 5.60 Å². The molecule has 0 bridgehead atoms. The second-order valence-electron chi connectivity index (χ2n) is 10.1. The molecule has 6 rings (SSSR count). The molecule has 0 saturated heterocycles. The smallest absolute Gasteiger partial charge is 0.251 e. The summed E-state index contributed by atoms with van der Waals surface area (Å²) in [7, 11) is 1.47. The molecule has 1 unspecified atom stereocenters. The molecular formula is C30H30FN3O6. The molecule has 40 heavy (non-hydrogen) atoms. The average Bonchev–Trinajstić information content (AvgIpc) is 3.57. The molecule has 2 aromatic heterocycles. The SMILES string of the molecule is COc1cc(C(=O)NCC(O)(c2cc3c(c(-c4c[nH]c5c(F)cccc45)n2)OCC3)C2CC2)ccc1OCCO. The Balaban J connectivity index is 1.31. The molecule has 1 aliphatic heterocycles. The minimum absolute atomic E-state index is 0.0455. The Kier molecular flexibility index (Phi) is 6.81. The Morgan fingerprint density at radius 1 is 1.25 bits per heavy atom. The van der Waals surface area contributed by atoms with Gasteiger partial charge in [-0.1, -0.05) is 12.1 Å². The lowest BCUT2D eigenvalue weighted by Gasteiger charge is -2.29. The fraction of sp³-hybridized carbons (Fsp3) is 0.333. The van der Waals surface area contributed by atoms with Crippen molar-refractivity contribution in [2.75, 3.05) is 33.5 Å². The number of nitrogens with zero attached hydrogens (tertiary/aromatic N) is 1. The van der Waals surface area contributed by atoms with Crippen LogP contribution in [0.15, 0.2) is 48.7 Å². The van der Waals surface area contributed by atoms with Crippen LogP contribution in [0.25, 0.3) is 22.2 Å². The Bertz CT molecular complexity index is 1580. The second kappa shape index (κ2) is 10.4. The number of aliphatic hydroxyl groups is 2. The van der Waals surface area contributed by atoms with Crippen LogP contribution in [0.2, 0.25) is 0 Å². The van der Waals surface area contributed by atoms with Crippen molar-refractivity contribution in [3.05, 3.63) is 71.3 Å². The lowest BCUT2D eigenvalue weighted by Crippen LogP contribution is -2.43. The quantitative estimate of drug-likeness (QED) is 0.239. The van der Waals surface area contributed by atoms with Crippen LogP contribution in [-0.2, 0) is 12.0 Å². The Morgan fingerprint density at radius 3 is 2.88 bits per heavy atom. The van der Waals surface area contributed by atoms with Crippen molar-refractivity contribution < 1.29 is 33.6 Å². The number of aromatic amines is 1. The average molecular weight is 548 g/mol. The van der Waals surface area contributed by atoms with Crippen LogP contribution in [0.3, 0.4) is 0 Å². The normalized spacial score (nSPS) is 15.8. The molecule has 4 aromatic rings. The largest absolute Gasteiger partial charge is 0.493 e. The molecule has 0 spiro atoms. The number of halogens is 1. The zero-order valence-electron chi connectivity index (χ0n) is 22.0. The highest BCUT2D eigenvalue weighted by Crippen LogP contribution is 2.48. The monoisotopic (exact) mass is 547 g/mol. The van der Waals surface area contributed by atoms with Crippen LogP contribution in [0.1, 0.15) is 34.5 Å². The van der Waals surface area contributed by atoms with Crippen LogP contribution >= 0.6 is 0 Å². The number of benzene rings is 2. The van der Waals surface area contributed by atoms with E-state index in [9.17, 15) is 14.3 Å². The zero-order valence-corrected chi connectivity index (χ0v) is 22.0. The number of rotatable bonds is 10. The van der Waals surface area contributed by atoms with E-state index in [0.29, 0.717) is 63.7 Å². The summed E-state index contributed by atoms with van der Waals surface area (Å²) >= 11 is 0. The molecule has 9 nitrogen and oxygen atoms in total. The van der Waals surface area contributed by atoms with Gasteiger partial charge in [0.25, 0.3) is 5.91 Å². The number of aromatic nitrogens is 2. The van der Waals surface area contributed by atoms with Gasteiger partial charge in [0, 0.05) is 34.7 Å². The van der Waals surface area contributed by atoms with Crippen LogP contribution in [-0.4, -0.2) is 59.6 Å². The first kappa shape index (κ1) is 26.1. The maximum atomic E-state index is 14.4. The minimum Gasteiger partial charge on any atom is -0.493 e. The number of aliphatic hydroxyl groups excluding tert-OH is 1. The number of para-hydroxylation sites is 1. The van der Waals surface area contributed by atoms with Crippen molar-refractivity contribution in [3.8, 4) is 28.5 Å². The third kappa shape index (κ3) is 4.63. The molecule has 2 aliphatic rings. The number of carbonyl (C=O) groups is 1. The van der Waals surface area contributed by atoms with Gasteiger partial charge in [0.1, 0.15) is 29.5 Å². The van der Waals surface area contributed by atoms with E-state index in [-0.39, 0.29) is 37.4 Å². The number of pyridine rings is 1. The van der Waals surface area contributed by atoms with Crippen molar-refractivity contribution >= 4 is 16.8 Å². The summed E-state index contributed by atoms with van der Waals surface area (Å²) in [5, 5.41) is 24.6. The van der Waals surface area contributed by atoms with Crippen molar-refractivity contribution in [2.24, 2.45) is 5.92 Å². The summed E-state index contributed by atoms with van der Waals surface area (Å²) < 4.78 is 31.1. The number of methoxy groups -OCH3 is 1. The van der Waals surface area contributed by atoms with Crippen LogP contribution < -0.4 is 19.5 Å². The van der Waals surface area contributed by atoms with Gasteiger partial charge in [-0.05, 0) is 49.1 Å². The van der Waals surface area contributed by atoms with E-state index in [0.717, 1.165) is 18.4 Å². The first-order valence-electron chi connectivity index (χ1n) is 13.3. The maximum absolute atomic E-state index is 14.4. The topological polar surface area (TPSA) is 126 Å². The van der Waals surface area contributed by atoms with Gasteiger partial charge in [-0.25, -0.2) is 9.37 Å². The standard InChI is InChI=1S/C30H30FN3O6/c1-38-24-13-18(5-8-23(24)39-12-10-35)29(36)33-16-30(37,19-6-7-19)25-14-17-9-11-40-28(17)27(34-25)21-15-32-26-20(21)3-2-4-22(26)31/h2-5,8,13-15,19,32,35,37H,6-7,9-12,16H2,1H3,(H,33,36). The Morgan fingerprint density at radius 2 is 2.10 bits per heavy atom. The van der Waals surface area contributed by atoms with Crippen LogP contribution in [0.5, 0.6) is 17.2 Å². The highest BCUT2D eigenvalue weighted by atomic mass is 19.1. The highest BCUT2D eigenvalue weighted by Gasteiger charge is 2.47. The zero-order chi connectivity index (χ0) is 27.9. The molecular weight excluding hydrogens is 517 g/mol. The van der Waals surface area contributed by atoms with E-state index >= 15 is 0 Å². The molecule has 10 heteroatoms. The number of nitrogens with one attached hydrogen (secondary N) is 2. The van der Waals surface area contributed by atoms with Crippen molar-refractivity contribution in [1.82, 2.24) is 15.3 Å². The number of fused-ring (bicyclic) bond motifs is 2. The molecule has 1 amide bonds. The van der Waals surface area contributed by atoms with E-state index in [4.69, 9.17) is 24.3 Å². The second-order valence-corrected chi connectivity index (χ2v) is 10.1. The summed E-state index contributed by atoms with van der Waals surface area (Å²) in [5.41, 5.74) is 1.90. The number of carbonyl (C=O) groups excluding carboxylic acids is 1. The molecule has 1 aliphatic carbocycles. The minimum atomic E-state index is -1.41. The molecule has 1 fully saturated rings. The van der Waals surface area contributed by atoms with Crippen molar-refractivity contribution in [3.63, 3.8) is 0 Å². The summed E-state index contributed by atoms with van der Waals surface area (Å²) in [6.07, 6.45) is 3.98. The van der Waals surface area contributed by atoms with Crippen LogP contribution in [0, 0.1) is 11.7 Å². The van der Waals surface area contributed by atoms with Gasteiger partial charge in [-0.3, -0.25) is 4.79 Å². The molecule has 1 saturated carbocycles. The fourth-order valence-corrected chi connectivity index (χ4v) is 5.32. The molecule has 208 valence electrons. The molecule has 0 radical (unpaired) electrons. The highest BCUT2D eigenvalue weighted by molar-refractivity contribution is 5.97. The number of amides is 1. The summed E-state index contributed by atoms with van der Waals surface area (Å²) in [6, 6.07) is 11.5. The van der Waals surface area contributed by atoms with Gasteiger partial charge in [0.15, 0.2) is 11.5 Å². The van der Waals surface area contributed by atoms with Crippen molar-refractivity contribution in [2.45, 2.75) is 24.9 Å². The predicted molar refractivity (Wildman–Crippen MR) is 145 cm³/mol. The third-order valence-corrected chi connectivity index (χ3v) is 7.58. The van der Waals surface area contributed by atoms with E-state index in [2.05, 4.69) is 10.3 Å². The van der Waals surface area contributed by atoms with Gasteiger partial charge in [-0.15, -0.1) is 0 Å². The number of hydrogen-bond donors (Lipinski definition) is 4. The Labute approximate surface area is 229 Å². The van der Waals surface area contributed by atoms with E-state index in [1.165, 1.54) is 13.2 Å². The first-order valence-corrected chi connectivity index (χ1v) is 13.3. The lowest BCUT2D eigenvalue weighted by molar-refractivity contribution is 0.00951. The van der Waals surface area contributed by atoms with Gasteiger partial charge < -0.3 is 34.7 Å². The summed E-state index contributed by atoms with van der Waals surface area (Å²) in [4.78, 5) is 21.0. The molecule has 4 N–H and O–H groups in total. The van der Waals surface area contributed by atoms with Gasteiger partial charge in [-0.2, -0.15) is 0 Å². The van der Waals surface area contributed by atoms with Gasteiger partial charge >= 0.3 is 0 Å². The predicted octanol–water partition coefficient (Wildman–Crippen LogP) is 3.71. The number of ether oxygens (including phenoxy) is 3. The van der Waals surface area contributed by atoms with Crippen LogP contribution in [0.4, 0.5) is 4.39 Å². The molecule has 3 heterocycles. The third-order valence-electron chi connectivity index (χ3n) is 7.58. The molecule has 2 aromatic carbocycles. The molecule has 1 atom stereocenters. The fourth-order valence-electron chi connectivity index (χ4n) is 5.32. The number of hydrogen-bond acceptors (Lipinski definition) is 7. The first-order chi connectivity index (χ1) is 19.4. The van der Waals surface area contributed by atoms with Gasteiger partial charge in [0.2, 0.25) is 0 Å². The maximum Gasteiger partial charge on any atom is 0.251 e. The lowest BCUT2D eigenvalue weighted by atomic mass is 9.90. The number of H-pyrrole nitrogens is 1. The van der Waals surface area contributed by atoms with E-state index in [1.807, 2.05) is 12.1 Å². The summed E-state index contributed by atoms with van der Waals surface area (Å²) in [5.74, 6) is 0.585. The van der Waals surface area contributed by atoms with E-state index in [1.54, 1.807) is 30.5 Å². The van der Waals surface area contributed by atoms with Crippen molar-refractivity contribution in [1.29, 1.82) is 0 Å². The Hall–Kier alpha value is -4.15. The summed E-state index contributed by atoms with van der Waals surface area (Å²) in [6.45, 7) is 0.399.